The van der Waals surface area contributed by atoms with Crippen molar-refractivity contribution in [3.05, 3.63) is 59.2 Å². The number of hydrogen-bond donors (Lipinski definition) is 1. The standard InChI is InChI=1S/C34H49FN6O3/c1-23-16-36-12-13-38(23)19-28-20-40(32(43)44-33(3,4)5)24(2)18-39(28)21-30(42)41-22-34(6,7)31-29(41)15-26(17-37-31)14-25-8-10-27(35)11-9-25/h8-11,15,17,23-24,28,36H,12-14,16,18-22H2,1-7H3/t23-,24+,28+/m1/s1. The Balaban J connectivity index is 1.36. The van der Waals surface area contributed by atoms with Crippen LogP contribution in [0, 0.1) is 5.82 Å². The summed E-state index contributed by atoms with van der Waals surface area (Å²) in [4.78, 5) is 40.7. The third-order valence-corrected chi connectivity index (χ3v) is 9.04. The van der Waals surface area contributed by atoms with Crippen molar-refractivity contribution < 1.29 is 18.7 Å². The van der Waals surface area contributed by atoms with E-state index in [1.54, 1.807) is 12.1 Å². The molecule has 4 heterocycles. The predicted octanol–water partition coefficient (Wildman–Crippen LogP) is 4.04. The van der Waals surface area contributed by atoms with Crippen molar-refractivity contribution in [3.8, 4) is 0 Å². The van der Waals surface area contributed by atoms with Crippen molar-refractivity contribution >= 4 is 17.7 Å². The zero-order chi connectivity index (χ0) is 31.8. The summed E-state index contributed by atoms with van der Waals surface area (Å²) in [5, 5.41) is 3.46. The Kier molecular flexibility index (Phi) is 9.35. The molecular weight excluding hydrogens is 559 g/mol. The normalized spacial score (nSPS) is 24.3. The second-order valence-electron chi connectivity index (χ2n) is 14.5. The predicted molar refractivity (Wildman–Crippen MR) is 170 cm³/mol. The maximum atomic E-state index is 14.2. The van der Waals surface area contributed by atoms with E-state index in [1.165, 1.54) is 12.1 Å². The molecule has 1 aromatic heterocycles. The Labute approximate surface area is 261 Å². The maximum absolute atomic E-state index is 14.2. The van der Waals surface area contributed by atoms with Crippen LogP contribution in [0.4, 0.5) is 14.9 Å². The monoisotopic (exact) mass is 608 g/mol. The highest BCUT2D eigenvalue weighted by atomic mass is 19.1. The number of aromatic nitrogens is 1. The molecule has 2 aromatic rings. The topological polar surface area (TPSA) is 81.2 Å². The fourth-order valence-corrected chi connectivity index (χ4v) is 6.67. The summed E-state index contributed by atoms with van der Waals surface area (Å²) in [6, 6.07) is 8.84. The zero-order valence-corrected chi connectivity index (χ0v) is 27.4. The van der Waals surface area contributed by atoms with E-state index in [1.807, 2.05) is 43.7 Å². The molecular formula is C34H49FN6O3. The number of pyridine rings is 1. The molecule has 0 aliphatic carbocycles. The molecule has 2 fully saturated rings. The SMILES string of the molecule is C[C@@H]1CNCCN1C[C@H]1CN(C(=O)OC(C)(C)C)[C@@H](C)CN1CC(=O)N1CC(C)(C)c2ncc(Cc3ccc(F)cc3)cc21. The lowest BCUT2D eigenvalue weighted by atomic mass is 9.91. The molecule has 9 nitrogen and oxygen atoms in total. The highest BCUT2D eigenvalue weighted by molar-refractivity contribution is 5.97. The van der Waals surface area contributed by atoms with Crippen LogP contribution in [-0.4, -0.2) is 108 Å². The Bertz CT molecular complexity index is 1340. The minimum Gasteiger partial charge on any atom is -0.444 e. The average molecular weight is 609 g/mol. The summed E-state index contributed by atoms with van der Waals surface area (Å²) in [7, 11) is 0. The molecule has 5 rings (SSSR count). The van der Waals surface area contributed by atoms with Gasteiger partial charge in [0.2, 0.25) is 5.91 Å². The maximum Gasteiger partial charge on any atom is 0.410 e. The number of anilines is 1. The number of piperazine rings is 2. The van der Waals surface area contributed by atoms with Crippen LogP contribution in [0.1, 0.15) is 65.3 Å². The molecule has 3 aliphatic rings. The van der Waals surface area contributed by atoms with Gasteiger partial charge in [0, 0.05) is 75.6 Å². The van der Waals surface area contributed by atoms with Crippen LogP contribution in [0.2, 0.25) is 0 Å². The van der Waals surface area contributed by atoms with Gasteiger partial charge in [0.25, 0.3) is 0 Å². The van der Waals surface area contributed by atoms with E-state index in [9.17, 15) is 14.0 Å². The van der Waals surface area contributed by atoms with Gasteiger partial charge in [-0.3, -0.25) is 19.6 Å². The van der Waals surface area contributed by atoms with Gasteiger partial charge in [-0.05, 0) is 70.4 Å². The summed E-state index contributed by atoms with van der Waals surface area (Å²) in [6.45, 7) is 19.6. The first-order valence-corrected chi connectivity index (χ1v) is 15.9. The Morgan fingerprint density at radius 2 is 1.80 bits per heavy atom. The van der Waals surface area contributed by atoms with Gasteiger partial charge < -0.3 is 19.9 Å². The summed E-state index contributed by atoms with van der Waals surface area (Å²) >= 11 is 0. The van der Waals surface area contributed by atoms with Gasteiger partial charge in [0.1, 0.15) is 11.4 Å². The van der Waals surface area contributed by atoms with E-state index >= 15 is 0 Å². The first kappa shape index (κ1) is 32.3. The molecule has 0 unspecified atom stereocenters. The molecule has 2 saturated heterocycles. The van der Waals surface area contributed by atoms with Gasteiger partial charge in [-0.2, -0.15) is 0 Å². The first-order chi connectivity index (χ1) is 20.7. The Hall–Kier alpha value is -3.08. The van der Waals surface area contributed by atoms with Crippen molar-refractivity contribution in [2.75, 3.05) is 57.3 Å². The number of amides is 2. The number of carbonyl (C=O) groups excluding carboxylic acids is 2. The van der Waals surface area contributed by atoms with Gasteiger partial charge >= 0.3 is 6.09 Å². The van der Waals surface area contributed by atoms with Gasteiger partial charge in [-0.25, -0.2) is 9.18 Å². The molecule has 44 heavy (non-hydrogen) atoms. The molecule has 0 spiro atoms. The summed E-state index contributed by atoms with van der Waals surface area (Å²) < 4.78 is 19.2. The summed E-state index contributed by atoms with van der Waals surface area (Å²) in [5.74, 6) is -0.223. The number of benzene rings is 1. The number of ether oxygens (including phenoxy) is 1. The molecule has 0 saturated carbocycles. The number of hydrogen-bond acceptors (Lipinski definition) is 7. The van der Waals surface area contributed by atoms with Crippen molar-refractivity contribution in [1.82, 2.24) is 25.0 Å². The quantitative estimate of drug-likeness (QED) is 0.530. The second kappa shape index (κ2) is 12.7. The molecule has 3 atom stereocenters. The summed E-state index contributed by atoms with van der Waals surface area (Å²) in [6.07, 6.45) is 2.18. The smallest absolute Gasteiger partial charge is 0.410 e. The number of rotatable bonds is 6. The zero-order valence-electron chi connectivity index (χ0n) is 27.4. The van der Waals surface area contributed by atoms with Gasteiger partial charge in [-0.15, -0.1) is 0 Å². The molecule has 1 aromatic carbocycles. The van der Waals surface area contributed by atoms with Crippen LogP contribution in [0.25, 0.3) is 0 Å². The number of nitrogens with zero attached hydrogens (tertiary/aromatic N) is 5. The van der Waals surface area contributed by atoms with Gasteiger partial charge in [-0.1, -0.05) is 26.0 Å². The molecule has 0 bridgehead atoms. The number of nitrogens with one attached hydrogen (secondary N) is 1. The fraction of sp³-hybridized carbons (Fsp3) is 0.618. The van der Waals surface area contributed by atoms with E-state index < -0.39 is 5.60 Å². The Morgan fingerprint density at radius 3 is 2.48 bits per heavy atom. The van der Waals surface area contributed by atoms with Crippen LogP contribution in [0.15, 0.2) is 36.5 Å². The molecule has 0 radical (unpaired) electrons. The van der Waals surface area contributed by atoms with Gasteiger partial charge in [0.15, 0.2) is 0 Å². The van der Waals surface area contributed by atoms with E-state index in [4.69, 9.17) is 9.72 Å². The van der Waals surface area contributed by atoms with Crippen LogP contribution in [-0.2, 0) is 21.4 Å². The van der Waals surface area contributed by atoms with Crippen molar-refractivity contribution in [1.29, 1.82) is 0 Å². The minimum atomic E-state index is -0.577. The third kappa shape index (κ3) is 7.41. The second-order valence-corrected chi connectivity index (χ2v) is 14.5. The van der Waals surface area contributed by atoms with E-state index in [0.29, 0.717) is 32.1 Å². The van der Waals surface area contributed by atoms with Crippen LogP contribution < -0.4 is 10.2 Å². The van der Waals surface area contributed by atoms with E-state index in [2.05, 4.69) is 42.0 Å². The van der Waals surface area contributed by atoms with Crippen molar-refractivity contribution in [2.24, 2.45) is 0 Å². The van der Waals surface area contributed by atoms with Gasteiger partial charge in [0.05, 0.1) is 17.9 Å². The third-order valence-electron chi connectivity index (χ3n) is 9.04. The highest BCUT2D eigenvalue weighted by Crippen LogP contribution is 2.40. The first-order valence-electron chi connectivity index (χ1n) is 15.9. The number of carbonyl (C=O) groups is 2. The lowest BCUT2D eigenvalue weighted by molar-refractivity contribution is -0.121. The lowest BCUT2D eigenvalue weighted by Gasteiger charge is -2.47. The molecule has 3 aliphatic heterocycles. The van der Waals surface area contributed by atoms with Crippen LogP contribution in [0.5, 0.6) is 0 Å². The van der Waals surface area contributed by atoms with Crippen molar-refractivity contribution in [3.63, 3.8) is 0 Å². The highest BCUT2D eigenvalue weighted by Gasteiger charge is 2.42. The molecule has 10 heteroatoms. The van der Waals surface area contributed by atoms with Crippen molar-refractivity contribution in [2.45, 2.75) is 84.0 Å². The average Bonchev–Trinajstić information content (AvgIpc) is 3.21. The molecule has 1 N–H and O–H groups in total. The summed E-state index contributed by atoms with van der Waals surface area (Å²) in [5.41, 5.74) is 2.89. The number of halogens is 1. The largest absolute Gasteiger partial charge is 0.444 e. The number of fused-ring (bicyclic) bond motifs is 1. The minimum absolute atomic E-state index is 0.0127. The van der Waals surface area contributed by atoms with Crippen LogP contribution >= 0.6 is 0 Å². The Morgan fingerprint density at radius 1 is 1.07 bits per heavy atom. The van der Waals surface area contributed by atoms with Crippen LogP contribution in [0.3, 0.4) is 0 Å². The van der Waals surface area contributed by atoms with E-state index in [0.717, 1.165) is 48.7 Å². The van der Waals surface area contributed by atoms with E-state index in [-0.39, 0.29) is 41.9 Å². The molecule has 240 valence electrons. The fourth-order valence-electron chi connectivity index (χ4n) is 6.67. The lowest BCUT2D eigenvalue weighted by Crippen LogP contribution is -2.65. The molecule has 2 amide bonds.